The van der Waals surface area contributed by atoms with E-state index in [1.54, 1.807) is 0 Å². The third-order valence-electron chi connectivity index (χ3n) is 0.498. The zero-order valence-corrected chi connectivity index (χ0v) is 5.02. The molecule has 0 saturated carbocycles. The number of hydrogen-bond donors (Lipinski definition) is 0. The van der Waals surface area contributed by atoms with Gasteiger partial charge in [0.15, 0.2) is 0 Å². The van der Waals surface area contributed by atoms with Crippen molar-refractivity contribution in [2.45, 2.75) is 20.3 Å². The van der Waals surface area contributed by atoms with Gasteiger partial charge in [0.1, 0.15) is 11.6 Å². The molecule has 0 bridgehead atoms. The van der Waals surface area contributed by atoms with Crippen LogP contribution in [0.25, 0.3) is 0 Å². The summed E-state index contributed by atoms with van der Waals surface area (Å²) in [6.07, 6.45) is 0.0833. The quantitative estimate of drug-likeness (QED) is 0.369. The molecular formula is C5H11NaO3. The van der Waals surface area contributed by atoms with Crippen molar-refractivity contribution in [1.82, 2.24) is 0 Å². The predicted molar refractivity (Wildman–Crippen MR) is 36.7 cm³/mol. The standard InChI is InChI=1S/C5H8O2.Na.H2O.H/c1-4(6)3-5(2)7;;;/h3H2,1-2H3;;1H2;. The van der Waals surface area contributed by atoms with Gasteiger partial charge in [-0.05, 0) is 13.8 Å². The predicted octanol–water partition coefficient (Wildman–Crippen LogP) is -0.919. The van der Waals surface area contributed by atoms with Crippen LogP contribution in [0.15, 0.2) is 0 Å². The molecule has 0 aromatic rings. The summed E-state index contributed by atoms with van der Waals surface area (Å²) < 4.78 is 0. The molecule has 0 heterocycles. The van der Waals surface area contributed by atoms with E-state index in [-0.39, 0.29) is 53.0 Å². The van der Waals surface area contributed by atoms with E-state index >= 15 is 0 Å². The molecule has 0 aliphatic rings. The fraction of sp³-hybridized carbons (Fsp3) is 0.600. The number of hydrogen-bond acceptors (Lipinski definition) is 2. The van der Waals surface area contributed by atoms with Crippen LogP contribution in [-0.4, -0.2) is 46.6 Å². The Hall–Kier alpha value is 0.300. The van der Waals surface area contributed by atoms with Crippen molar-refractivity contribution in [3.05, 3.63) is 0 Å². The number of Topliss-reactive ketones (excluding diaryl/α,β-unsaturated/α-hetero) is 2. The van der Waals surface area contributed by atoms with Crippen molar-refractivity contribution in [2.24, 2.45) is 0 Å². The molecule has 50 valence electrons. The molecule has 2 N–H and O–H groups in total. The molecule has 0 fully saturated rings. The molecule has 0 saturated heterocycles. The number of rotatable bonds is 2. The second-order valence-electron chi connectivity index (χ2n) is 1.58. The fourth-order valence-electron chi connectivity index (χ4n) is 0.351. The van der Waals surface area contributed by atoms with E-state index in [4.69, 9.17) is 0 Å². The van der Waals surface area contributed by atoms with Crippen LogP contribution in [-0.2, 0) is 9.59 Å². The molecule has 3 nitrogen and oxygen atoms in total. The van der Waals surface area contributed by atoms with E-state index in [1.807, 2.05) is 0 Å². The van der Waals surface area contributed by atoms with Gasteiger partial charge in [0.05, 0.1) is 6.42 Å². The van der Waals surface area contributed by atoms with Crippen molar-refractivity contribution < 1.29 is 15.1 Å². The molecule has 9 heavy (non-hydrogen) atoms. The number of carbonyl (C=O) groups is 2. The third-order valence-corrected chi connectivity index (χ3v) is 0.498. The summed E-state index contributed by atoms with van der Waals surface area (Å²) in [7, 11) is 0. The number of carbonyl (C=O) groups excluding carboxylic acids is 2. The van der Waals surface area contributed by atoms with Crippen molar-refractivity contribution in [1.29, 1.82) is 0 Å². The minimum absolute atomic E-state index is 0. The Labute approximate surface area is 76.4 Å². The van der Waals surface area contributed by atoms with E-state index < -0.39 is 0 Å². The Morgan fingerprint density at radius 1 is 1.11 bits per heavy atom. The normalized spacial score (nSPS) is 6.44. The first-order valence-corrected chi connectivity index (χ1v) is 2.12. The molecule has 4 heteroatoms. The monoisotopic (exact) mass is 142 g/mol. The third kappa shape index (κ3) is 17.8. The van der Waals surface area contributed by atoms with Gasteiger partial charge in [0.2, 0.25) is 0 Å². The summed E-state index contributed by atoms with van der Waals surface area (Å²) in [5.41, 5.74) is 0. The Bertz CT molecular complexity index is 88.4. The number of ketones is 2. The van der Waals surface area contributed by atoms with Gasteiger partial charge in [-0.3, -0.25) is 9.59 Å². The Kier molecular flexibility index (Phi) is 14.9. The molecule has 0 aliphatic carbocycles. The molecular weight excluding hydrogens is 131 g/mol. The summed E-state index contributed by atoms with van der Waals surface area (Å²) in [6.45, 7) is 2.81. The first-order valence-electron chi connectivity index (χ1n) is 2.12. The summed E-state index contributed by atoms with van der Waals surface area (Å²) in [6, 6.07) is 0. The van der Waals surface area contributed by atoms with Gasteiger partial charge in [-0.1, -0.05) is 0 Å². The second-order valence-corrected chi connectivity index (χ2v) is 1.58. The van der Waals surface area contributed by atoms with E-state index in [2.05, 4.69) is 0 Å². The van der Waals surface area contributed by atoms with Crippen LogP contribution in [0.2, 0.25) is 0 Å². The van der Waals surface area contributed by atoms with E-state index in [0.717, 1.165) is 0 Å². The summed E-state index contributed by atoms with van der Waals surface area (Å²) in [4.78, 5) is 20.1. The first kappa shape index (κ1) is 16.1. The molecule has 0 unspecified atom stereocenters. The molecule has 0 spiro atoms. The van der Waals surface area contributed by atoms with E-state index in [9.17, 15) is 9.59 Å². The van der Waals surface area contributed by atoms with Crippen molar-refractivity contribution in [3.8, 4) is 0 Å². The molecule has 0 radical (unpaired) electrons. The molecule has 0 aliphatic heterocycles. The van der Waals surface area contributed by atoms with Gasteiger partial charge in [-0.25, -0.2) is 0 Å². The van der Waals surface area contributed by atoms with Crippen molar-refractivity contribution >= 4 is 41.1 Å². The Morgan fingerprint density at radius 3 is 1.33 bits per heavy atom. The minimum atomic E-state index is -0.0625. The van der Waals surface area contributed by atoms with Crippen LogP contribution < -0.4 is 0 Å². The van der Waals surface area contributed by atoms with Crippen molar-refractivity contribution in [2.75, 3.05) is 0 Å². The topological polar surface area (TPSA) is 65.6 Å². The molecule has 0 rings (SSSR count). The summed E-state index contributed by atoms with van der Waals surface area (Å²) in [5, 5.41) is 0. The molecule has 0 aromatic heterocycles. The van der Waals surface area contributed by atoms with Crippen LogP contribution in [0.4, 0.5) is 0 Å². The van der Waals surface area contributed by atoms with Gasteiger partial charge in [-0.2, -0.15) is 0 Å². The second kappa shape index (κ2) is 8.30. The summed E-state index contributed by atoms with van der Waals surface area (Å²) >= 11 is 0. The zero-order chi connectivity index (χ0) is 5.86. The van der Waals surface area contributed by atoms with Gasteiger partial charge in [-0.15, -0.1) is 0 Å². The van der Waals surface area contributed by atoms with Gasteiger partial charge in [0, 0.05) is 0 Å². The summed E-state index contributed by atoms with van der Waals surface area (Å²) in [5.74, 6) is -0.125. The fourth-order valence-corrected chi connectivity index (χ4v) is 0.351. The maximum atomic E-state index is 10.0. The van der Waals surface area contributed by atoms with Gasteiger partial charge in [0.25, 0.3) is 0 Å². The Balaban J connectivity index is -0.000000180. The van der Waals surface area contributed by atoms with Gasteiger partial charge >= 0.3 is 29.6 Å². The zero-order valence-electron chi connectivity index (χ0n) is 5.02. The molecule has 0 aromatic carbocycles. The SMILES string of the molecule is CC(=O)CC(C)=O.O.[NaH]. The first-order chi connectivity index (χ1) is 3.13. The van der Waals surface area contributed by atoms with Gasteiger partial charge < -0.3 is 5.48 Å². The van der Waals surface area contributed by atoms with Crippen LogP contribution in [0, 0.1) is 0 Å². The van der Waals surface area contributed by atoms with Crippen LogP contribution in [0.5, 0.6) is 0 Å². The van der Waals surface area contributed by atoms with Crippen LogP contribution >= 0.6 is 0 Å². The van der Waals surface area contributed by atoms with E-state index in [0.29, 0.717) is 0 Å². The van der Waals surface area contributed by atoms with Crippen molar-refractivity contribution in [3.63, 3.8) is 0 Å². The average molecular weight is 142 g/mol. The van der Waals surface area contributed by atoms with Crippen LogP contribution in [0.1, 0.15) is 20.3 Å². The Morgan fingerprint density at radius 2 is 1.33 bits per heavy atom. The molecule has 0 atom stereocenters. The average Bonchev–Trinajstić information content (AvgIpc) is 1.27. The van der Waals surface area contributed by atoms with Crippen LogP contribution in [0.3, 0.4) is 0 Å². The molecule has 0 amide bonds. The maximum absolute atomic E-state index is 10.0. The van der Waals surface area contributed by atoms with E-state index in [1.165, 1.54) is 13.8 Å².